The summed E-state index contributed by atoms with van der Waals surface area (Å²) in [4.78, 5) is 27.1. The van der Waals surface area contributed by atoms with Crippen LogP contribution in [-0.2, 0) is 22.5 Å². The molecule has 0 saturated heterocycles. The molecule has 1 atom stereocenters. The first-order valence-corrected chi connectivity index (χ1v) is 6.51. The zero-order valence-corrected chi connectivity index (χ0v) is 11.3. The van der Waals surface area contributed by atoms with E-state index in [0.29, 0.717) is 11.6 Å². The van der Waals surface area contributed by atoms with Crippen LogP contribution in [0.4, 0.5) is 0 Å². The molecule has 1 amide bonds. The molecule has 0 bridgehead atoms. The Morgan fingerprint density at radius 1 is 1.58 bits per heavy atom. The Balaban J connectivity index is 1.91. The number of hydrogen-bond acceptors (Lipinski definition) is 4. The normalized spacial score (nSPS) is 17.7. The number of ether oxygens (including phenoxy) is 1. The van der Waals surface area contributed by atoms with Crippen molar-refractivity contribution in [3.05, 3.63) is 17.7 Å². The van der Waals surface area contributed by atoms with Crippen molar-refractivity contribution in [2.24, 2.45) is 5.92 Å². The van der Waals surface area contributed by atoms with Crippen LogP contribution in [-0.4, -0.2) is 35.1 Å². The van der Waals surface area contributed by atoms with E-state index in [1.165, 1.54) is 7.11 Å². The maximum atomic E-state index is 11.9. The second-order valence-electron chi connectivity index (χ2n) is 4.92. The molecule has 0 spiro atoms. The quantitative estimate of drug-likeness (QED) is 0.816. The summed E-state index contributed by atoms with van der Waals surface area (Å²) in [5.41, 5.74) is 0.425. The molecule has 0 aromatic carbocycles. The van der Waals surface area contributed by atoms with Crippen molar-refractivity contribution < 1.29 is 14.3 Å². The van der Waals surface area contributed by atoms with Crippen LogP contribution >= 0.6 is 0 Å². The number of esters is 1. The fourth-order valence-electron chi connectivity index (χ4n) is 2.19. The molecule has 2 heterocycles. The molecule has 1 aromatic rings. The highest BCUT2D eigenvalue weighted by molar-refractivity contribution is 5.92. The zero-order chi connectivity index (χ0) is 13.8. The summed E-state index contributed by atoms with van der Waals surface area (Å²) in [6, 6.07) is 0. The summed E-state index contributed by atoms with van der Waals surface area (Å²) in [7, 11) is 1.33. The summed E-state index contributed by atoms with van der Waals surface area (Å²) in [6.45, 7) is 3.38. The molecule has 0 aliphatic carbocycles. The largest absolute Gasteiger partial charge is 0.469 e. The van der Waals surface area contributed by atoms with E-state index >= 15 is 0 Å². The van der Waals surface area contributed by atoms with Gasteiger partial charge in [-0.15, -0.1) is 0 Å². The molecule has 1 aliphatic rings. The van der Waals surface area contributed by atoms with Gasteiger partial charge in [-0.1, -0.05) is 6.92 Å². The first-order valence-electron chi connectivity index (χ1n) is 6.51. The van der Waals surface area contributed by atoms with Gasteiger partial charge in [0, 0.05) is 25.7 Å². The van der Waals surface area contributed by atoms with Gasteiger partial charge in [0.2, 0.25) is 0 Å². The molecule has 1 aromatic heterocycles. The van der Waals surface area contributed by atoms with E-state index in [-0.39, 0.29) is 24.8 Å². The van der Waals surface area contributed by atoms with Crippen LogP contribution in [0.25, 0.3) is 0 Å². The third-order valence-corrected chi connectivity index (χ3v) is 3.30. The number of fused-ring (bicyclic) bond motifs is 1. The van der Waals surface area contributed by atoms with Gasteiger partial charge in [-0.2, -0.15) is 0 Å². The topological polar surface area (TPSA) is 73.2 Å². The van der Waals surface area contributed by atoms with Gasteiger partial charge in [0.15, 0.2) is 0 Å². The number of nitrogens with zero attached hydrogens (tertiary/aromatic N) is 2. The molecule has 0 saturated carbocycles. The van der Waals surface area contributed by atoms with Gasteiger partial charge in [-0.3, -0.25) is 9.59 Å². The van der Waals surface area contributed by atoms with Crippen LogP contribution in [0.15, 0.2) is 6.20 Å². The predicted molar refractivity (Wildman–Crippen MR) is 68.7 cm³/mol. The minimum absolute atomic E-state index is 0.173. The van der Waals surface area contributed by atoms with E-state index < -0.39 is 0 Å². The second-order valence-corrected chi connectivity index (χ2v) is 4.92. The Hall–Kier alpha value is -1.85. The molecule has 104 valence electrons. The standard InChI is InChI=1S/C13H19N3O3/c1-9-3-4-11-15-10(8-16(11)7-9)13(18)14-6-5-12(17)19-2/h8-9H,3-7H2,1-2H3,(H,14,18)/t9-/m0/s1. The highest BCUT2D eigenvalue weighted by Gasteiger charge is 2.19. The van der Waals surface area contributed by atoms with E-state index in [1.807, 2.05) is 4.57 Å². The molecule has 0 radical (unpaired) electrons. The Kier molecular flexibility index (Phi) is 4.19. The van der Waals surface area contributed by atoms with Crippen LogP contribution < -0.4 is 5.32 Å². The number of aryl methyl sites for hydroxylation is 1. The first-order chi connectivity index (χ1) is 9.10. The molecular formula is C13H19N3O3. The number of nitrogens with one attached hydrogen (secondary N) is 1. The van der Waals surface area contributed by atoms with Gasteiger partial charge in [0.05, 0.1) is 13.5 Å². The molecule has 6 heteroatoms. The predicted octanol–water partition coefficient (Wildman–Crippen LogP) is 0.758. The highest BCUT2D eigenvalue weighted by atomic mass is 16.5. The lowest BCUT2D eigenvalue weighted by Gasteiger charge is -2.19. The van der Waals surface area contributed by atoms with Crippen LogP contribution in [0.5, 0.6) is 0 Å². The smallest absolute Gasteiger partial charge is 0.307 e. The van der Waals surface area contributed by atoms with Crippen LogP contribution in [0.3, 0.4) is 0 Å². The fraction of sp³-hybridized carbons (Fsp3) is 0.615. The minimum atomic E-state index is -0.335. The molecule has 0 unspecified atom stereocenters. The number of carbonyl (C=O) groups excluding carboxylic acids is 2. The summed E-state index contributed by atoms with van der Waals surface area (Å²) in [5.74, 6) is 1.02. The third kappa shape index (κ3) is 3.33. The van der Waals surface area contributed by atoms with Gasteiger partial charge >= 0.3 is 5.97 Å². The summed E-state index contributed by atoms with van der Waals surface area (Å²) in [6.07, 6.45) is 3.99. The van der Waals surface area contributed by atoms with Crippen LogP contribution in [0.1, 0.15) is 36.1 Å². The van der Waals surface area contributed by atoms with E-state index in [9.17, 15) is 9.59 Å². The molecule has 6 nitrogen and oxygen atoms in total. The van der Waals surface area contributed by atoms with Gasteiger partial charge in [0.25, 0.3) is 5.91 Å². The maximum Gasteiger partial charge on any atom is 0.307 e. The van der Waals surface area contributed by atoms with Crippen molar-refractivity contribution in [1.29, 1.82) is 0 Å². The summed E-state index contributed by atoms with van der Waals surface area (Å²) in [5, 5.41) is 2.67. The van der Waals surface area contributed by atoms with E-state index in [4.69, 9.17) is 0 Å². The lowest BCUT2D eigenvalue weighted by Crippen LogP contribution is -2.26. The van der Waals surface area contributed by atoms with Crippen LogP contribution in [0, 0.1) is 5.92 Å². The molecule has 2 rings (SSSR count). The molecule has 19 heavy (non-hydrogen) atoms. The van der Waals surface area contributed by atoms with E-state index in [2.05, 4.69) is 22.0 Å². The molecule has 1 N–H and O–H groups in total. The Morgan fingerprint density at radius 2 is 2.37 bits per heavy atom. The highest BCUT2D eigenvalue weighted by Crippen LogP contribution is 2.19. The van der Waals surface area contributed by atoms with Gasteiger partial charge in [-0.25, -0.2) is 4.98 Å². The second kappa shape index (κ2) is 5.86. The summed E-state index contributed by atoms with van der Waals surface area (Å²) >= 11 is 0. The van der Waals surface area contributed by atoms with Gasteiger partial charge in [0.1, 0.15) is 11.5 Å². The zero-order valence-electron chi connectivity index (χ0n) is 11.3. The molecule has 0 fully saturated rings. The summed E-state index contributed by atoms with van der Waals surface area (Å²) < 4.78 is 6.55. The number of methoxy groups -OCH3 is 1. The SMILES string of the molecule is COC(=O)CCNC(=O)c1cn2c(n1)CC[C@H](C)C2. The third-order valence-electron chi connectivity index (χ3n) is 3.30. The Morgan fingerprint density at radius 3 is 3.11 bits per heavy atom. The van der Waals surface area contributed by atoms with Gasteiger partial charge in [-0.05, 0) is 12.3 Å². The number of aromatic nitrogens is 2. The first kappa shape index (κ1) is 13.6. The maximum absolute atomic E-state index is 11.9. The van der Waals surface area contributed by atoms with Crippen molar-refractivity contribution in [3.63, 3.8) is 0 Å². The number of carbonyl (C=O) groups is 2. The minimum Gasteiger partial charge on any atom is -0.469 e. The van der Waals surface area contributed by atoms with Gasteiger partial charge < -0.3 is 14.6 Å². The number of rotatable bonds is 4. The van der Waals surface area contributed by atoms with E-state index in [0.717, 1.165) is 25.2 Å². The Bertz CT molecular complexity index is 481. The molecular weight excluding hydrogens is 246 g/mol. The lowest BCUT2D eigenvalue weighted by atomic mass is 10.0. The lowest BCUT2D eigenvalue weighted by molar-refractivity contribution is -0.140. The molecule has 1 aliphatic heterocycles. The van der Waals surface area contributed by atoms with E-state index in [1.54, 1.807) is 6.20 Å². The number of imidazole rings is 1. The van der Waals surface area contributed by atoms with Crippen molar-refractivity contribution in [3.8, 4) is 0 Å². The van der Waals surface area contributed by atoms with Crippen LogP contribution in [0.2, 0.25) is 0 Å². The van der Waals surface area contributed by atoms with Crippen molar-refractivity contribution in [1.82, 2.24) is 14.9 Å². The van der Waals surface area contributed by atoms with Crippen molar-refractivity contribution in [2.75, 3.05) is 13.7 Å². The average Bonchev–Trinajstić information content (AvgIpc) is 2.81. The van der Waals surface area contributed by atoms with Crippen molar-refractivity contribution >= 4 is 11.9 Å². The number of hydrogen-bond donors (Lipinski definition) is 1. The fourth-order valence-corrected chi connectivity index (χ4v) is 2.19. The average molecular weight is 265 g/mol. The Labute approximate surface area is 112 Å². The monoisotopic (exact) mass is 265 g/mol. The van der Waals surface area contributed by atoms with Crippen molar-refractivity contribution in [2.45, 2.75) is 32.7 Å². The number of amides is 1.